The molecule has 0 spiro atoms. The molecule has 1 aromatic carbocycles. The van der Waals surface area contributed by atoms with Crippen LogP contribution in [0.4, 0.5) is 5.69 Å². The number of anilines is 1. The smallest absolute Gasteiger partial charge is 0.258 e. The van der Waals surface area contributed by atoms with E-state index in [1.54, 1.807) is 6.20 Å². The topological polar surface area (TPSA) is 45.2 Å². The fourth-order valence-electron chi connectivity index (χ4n) is 4.07. The lowest BCUT2D eigenvalue weighted by atomic mass is 9.94. The number of hydrogen-bond acceptors (Lipinski definition) is 3. The number of carbonyl (C=O) groups is 1. The molecule has 1 atom stereocenters. The molecule has 1 fully saturated rings. The van der Waals surface area contributed by atoms with Gasteiger partial charge in [0.05, 0.1) is 11.3 Å². The number of aromatic nitrogens is 1. The minimum Gasteiger partial charge on any atom is -0.360 e. The summed E-state index contributed by atoms with van der Waals surface area (Å²) in [6, 6.07) is 10.4. The first-order chi connectivity index (χ1) is 12.1. The third-order valence-electron chi connectivity index (χ3n) is 5.62. The van der Waals surface area contributed by atoms with E-state index < -0.39 is 0 Å². The summed E-state index contributed by atoms with van der Waals surface area (Å²) < 4.78 is 0. The molecule has 4 heteroatoms. The number of nitrogens with zero attached hydrogens (tertiary/aromatic N) is 2. The van der Waals surface area contributed by atoms with E-state index in [0.29, 0.717) is 6.04 Å². The molecular formula is C21H25N3O. The number of amides is 1. The van der Waals surface area contributed by atoms with Crippen molar-refractivity contribution in [1.82, 2.24) is 9.88 Å². The highest BCUT2D eigenvalue weighted by Gasteiger charge is 2.41. The lowest BCUT2D eigenvalue weighted by molar-refractivity contribution is 0.0599. The predicted octanol–water partition coefficient (Wildman–Crippen LogP) is 4.60. The van der Waals surface area contributed by atoms with Gasteiger partial charge in [-0.2, -0.15) is 0 Å². The summed E-state index contributed by atoms with van der Waals surface area (Å²) in [6.07, 6.45) is 7.47. The van der Waals surface area contributed by atoms with Gasteiger partial charge in [-0.25, -0.2) is 0 Å². The first-order valence-corrected chi connectivity index (χ1v) is 9.26. The van der Waals surface area contributed by atoms with Crippen LogP contribution >= 0.6 is 0 Å². The zero-order chi connectivity index (χ0) is 17.4. The van der Waals surface area contributed by atoms with Gasteiger partial charge in [0, 0.05) is 17.9 Å². The van der Waals surface area contributed by atoms with E-state index in [4.69, 9.17) is 0 Å². The normalized spacial score (nSPS) is 20.6. The number of aryl methyl sites for hydroxylation is 2. The highest BCUT2D eigenvalue weighted by molar-refractivity contribution is 5.99. The van der Waals surface area contributed by atoms with Crippen molar-refractivity contribution in [3.63, 3.8) is 0 Å². The monoisotopic (exact) mass is 335 g/mol. The Morgan fingerprint density at radius 2 is 1.88 bits per heavy atom. The van der Waals surface area contributed by atoms with Crippen molar-refractivity contribution >= 4 is 11.6 Å². The lowest BCUT2D eigenvalue weighted by Crippen LogP contribution is -2.42. The quantitative estimate of drug-likeness (QED) is 0.892. The number of rotatable bonds is 3. The molecule has 1 aliphatic carbocycles. The van der Waals surface area contributed by atoms with E-state index in [0.717, 1.165) is 29.8 Å². The number of fused-ring (bicyclic) bond motifs is 1. The summed E-state index contributed by atoms with van der Waals surface area (Å²) in [5, 5.41) is 3.59. The van der Waals surface area contributed by atoms with Gasteiger partial charge in [0.15, 0.2) is 0 Å². The molecule has 1 aromatic heterocycles. The Labute approximate surface area is 149 Å². The van der Waals surface area contributed by atoms with E-state index in [2.05, 4.69) is 42.3 Å². The van der Waals surface area contributed by atoms with E-state index >= 15 is 0 Å². The molecule has 2 heterocycles. The summed E-state index contributed by atoms with van der Waals surface area (Å²) in [5.41, 5.74) is 5.17. The fraction of sp³-hybridized carbons (Fsp3) is 0.429. The molecule has 0 saturated heterocycles. The van der Waals surface area contributed by atoms with Gasteiger partial charge >= 0.3 is 0 Å². The van der Waals surface area contributed by atoms with Crippen molar-refractivity contribution < 1.29 is 4.79 Å². The van der Waals surface area contributed by atoms with Crippen LogP contribution in [0, 0.1) is 13.8 Å². The Hall–Kier alpha value is -2.36. The molecule has 25 heavy (non-hydrogen) atoms. The maximum absolute atomic E-state index is 13.1. The Kier molecular flexibility index (Phi) is 4.20. The molecule has 4 rings (SSSR count). The van der Waals surface area contributed by atoms with E-state index in [-0.39, 0.29) is 12.1 Å². The second-order valence-electron chi connectivity index (χ2n) is 7.29. The van der Waals surface area contributed by atoms with Crippen LogP contribution in [-0.4, -0.2) is 21.8 Å². The first kappa shape index (κ1) is 16.1. The first-order valence-electron chi connectivity index (χ1n) is 9.26. The molecule has 130 valence electrons. The second-order valence-corrected chi connectivity index (χ2v) is 7.29. The summed E-state index contributed by atoms with van der Waals surface area (Å²) in [4.78, 5) is 19.7. The minimum absolute atomic E-state index is 0.122. The van der Waals surface area contributed by atoms with E-state index in [1.165, 1.54) is 30.4 Å². The van der Waals surface area contributed by atoms with Gasteiger partial charge in [0.1, 0.15) is 6.17 Å². The zero-order valence-electron chi connectivity index (χ0n) is 15.0. The van der Waals surface area contributed by atoms with Gasteiger partial charge < -0.3 is 10.2 Å². The van der Waals surface area contributed by atoms with Crippen LogP contribution in [0.25, 0.3) is 0 Å². The summed E-state index contributed by atoms with van der Waals surface area (Å²) in [6.45, 7) is 4.23. The number of nitrogens with one attached hydrogen (secondary N) is 1. The van der Waals surface area contributed by atoms with Crippen molar-refractivity contribution in [3.8, 4) is 0 Å². The molecule has 0 unspecified atom stereocenters. The van der Waals surface area contributed by atoms with Crippen LogP contribution in [0.15, 0.2) is 36.5 Å². The van der Waals surface area contributed by atoms with Crippen LogP contribution < -0.4 is 5.32 Å². The van der Waals surface area contributed by atoms with Gasteiger partial charge in [-0.15, -0.1) is 0 Å². The fourth-order valence-corrected chi connectivity index (χ4v) is 4.07. The number of carbonyl (C=O) groups excluding carboxylic acids is 1. The van der Waals surface area contributed by atoms with Gasteiger partial charge in [0.25, 0.3) is 5.91 Å². The third kappa shape index (κ3) is 2.90. The van der Waals surface area contributed by atoms with Gasteiger partial charge in [-0.3, -0.25) is 9.78 Å². The van der Waals surface area contributed by atoms with Crippen molar-refractivity contribution in [2.45, 2.75) is 58.2 Å². The molecule has 1 N–H and O–H groups in total. The molecule has 2 aliphatic rings. The van der Waals surface area contributed by atoms with Crippen molar-refractivity contribution in [2.24, 2.45) is 0 Å². The molecule has 1 amide bonds. The van der Waals surface area contributed by atoms with Crippen LogP contribution in [0.1, 0.15) is 65.4 Å². The lowest BCUT2D eigenvalue weighted by Gasteiger charge is -2.36. The minimum atomic E-state index is -0.172. The van der Waals surface area contributed by atoms with Crippen LogP contribution in [0.5, 0.6) is 0 Å². The molecule has 1 saturated carbocycles. The van der Waals surface area contributed by atoms with Gasteiger partial charge in [0.2, 0.25) is 0 Å². The van der Waals surface area contributed by atoms with Crippen molar-refractivity contribution in [1.29, 1.82) is 0 Å². The average molecular weight is 335 g/mol. The molecule has 0 bridgehead atoms. The van der Waals surface area contributed by atoms with E-state index in [9.17, 15) is 4.79 Å². The Morgan fingerprint density at radius 3 is 2.64 bits per heavy atom. The maximum Gasteiger partial charge on any atom is 0.258 e. The SMILES string of the molecule is Cc1ccc(N[C@H]2c3ncccc3C(=O)N2C2CCCCC2)cc1C. The van der Waals surface area contributed by atoms with E-state index in [1.807, 2.05) is 17.0 Å². The summed E-state index contributed by atoms with van der Waals surface area (Å²) in [5.74, 6) is 0.122. The second kappa shape index (κ2) is 6.51. The Bertz CT molecular complexity index is 795. The van der Waals surface area contributed by atoms with Crippen molar-refractivity contribution in [3.05, 3.63) is 58.9 Å². The van der Waals surface area contributed by atoms with Gasteiger partial charge in [-0.05, 0) is 62.1 Å². The molecular weight excluding hydrogens is 310 g/mol. The Morgan fingerprint density at radius 1 is 1.08 bits per heavy atom. The molecule has 0 radical (unpaired) electrons. The standard InChI is InChI=1S/C21H25N3O/c1-14-10-11-16(13-15(14)2)23-20-19-18(9-6-12-22-19)21(25)24(20)17-7-4-3-5-8-17/h6,9-13,17,20,23H,3-5,7-8H2,1-2H3/t20-/m1/s1. The van der Waals surface area contributed by atoms with Crippen LogP contribution in [0.2, 0.25) is 0 Å². The largest absolute Gasteiger partial charge is 0.360 e. The van der Waals surface area contributed by atoms with Crippen LogP contribution in [-0.2, 0) is 0 Å². The number of benzene rings is 1. The average Bonchev–Trinajstić information content (AvgIpc) is 2.91. The zero-order valence-corrected chi connectivity index (χ0v) is 15.0. The highest BCUT2D eigenvalue weighted by Crippen LogP contribution is 2.38. The Balaban J connectivity index is 1.69. The van der Waals surface area contributed by atoms with Crippen molar-refractivity contribution in [2.75, 3.05) is 5.32 Å². The number of pyridine rings is 1. The molecule has 1 aliphatic heterocycles. The summed E-state index contributed by atoms with van der Waals surface area (Å²) in [7, 11) is 0. The molecule has 2 aromatic rings. The predicted molar refractivity (Wildman–Crippen MR) is 99.6 cm³/mol. The summed E-state index contributed by atoms with van der Waals surface area (Å²) >= 11 is 0. The van der Waals surface area contributed by atoms with Gasteiger partial charge in [-0.1, -0.05) is 25.3 Å². The number of hydrogen-bond donors (Lipinski definition) is 1. The molecule has 4 nitrogen and oxygen atoms in total. The third-order valence-corrected chi connectivity index (χ3v) is 5.62. The van der Waals surface area contributed by atoms with Crippen LogP contribution in [0.3, 0.4) is 0 Å². The maximum atomic E-state index is 13.1. The highest BCUT2D eigenvalue weighted by atomic mass is 16.2.